The summed E-state index contributed by atoms with van der Waals surface area (Å²) >= 11 is 0. The van der Waals surface area contributed by atoms with Crippen LogP contribution in [0.4, 0.5) is 5.69 Å². The molecule has 0 aromatic heterocycles. The highest BCUT2D eigenvalue weighted by atomic mass is 16.5. The van der Waals surface area contributed by atoms with Crippen LogP contribution < -0.4 is 14.4 Å². The van der Waals surface area contributed by atoms with Gasteiger partial charge in [-0.05, 0) is 44.4 Å². The Balaban J connectivity index is 1.82. The molecule has 1 aliphatic rings. The molecule has 1 amide bonds. The van der Waals surface area contributed by atoms with Crippen LogP contribution in [-0.2, 0) is 16.0 Å². The van der Waals surface area contributed by atoms with Crippen LogP contribution in [0, 0.1) is 5.92 Å². The van der Waals surface area contributed by atoms with Crippen molar-refractivity contribution in [3.8, 4) is 11.5 Å². The topological polar surface area (TPSA) is 85.3 Å². The molecule has 1 N–H and O–H groups in total. The number of nitrogens with zero attached hydrogens (tertiary/aromatic N) is 1. The molecule has 0 saturated carbocycles. The Hall–Kier alpha value is -3.58. The van der Waals surface area contributed by atoms with Crippen molar-refractivity contribution in [2.75, 3.05) is 18.1 Å². The average Bonchev–Trinajstić information content (AvgIpc) is 3.09. The lowest BCUT2D eigenvalue weighted by molar-refractivity contribution is -0.142. The first-order valence-electron chi connectivity index (χ1n) is 12.4. The van der Waals surface area contributed by atoms with Crippen LogP contribution in [0.15, 0.2) is 48.5 Å². The predicted octanol–water partition coefficient (Wildman–Crippen LogP) is 5.42. The Morgan fingerprint density at radius 3 is 2.22 bits per heavy atom. The van der Waals surface area contributed by atoms with Crippen LogP contribution in [-0.4, -0.2) is 36.3 Å². The van der Waals surface area contributed by atoms with E-state index in [4.69, 9.17) is 14.2 Å². The number of esters is 1. The normalized spacial score (nSPS) is 15.1. The summed E-state index contributed by atoms with van der Waals surface area (Å²) in [5.41, 5.74) is 1.98. The predicted molar refractivity (Wildman–Crippen MR) is 139 cm³/mol. The van der Waals surface area contributed by atoms with Crippen molar-refractivity contribution in [2.45, 2.75) is 53.4 Å². The van der Waals surface area contributed by atoms with Gasteiger partial charge in [0.05, 0.1) is 36.9 Å². The molecule has 7 nitrogen and oxygen atoms in total. The van der Waals surface area contributed by atoms with E-state index in [9.17, 15) is 14.7 Å². The molecule has 3 aromatic rings. The lowest BCUT2D eigenvalue weighted by atomic mass is 9.98. The van der Waals surface area contributed by atoms with E-state index in [-0.39, 0.29) is 30.3 Å². The summed E-state index contributed by atoms with van der Waals surface area (Å²) in [6.45, 7) is 10.4. The molecule has 0 bridgehead atoms. The summed E-state index contributed by atoms with van der Waals surface area (Å²) in [7, 11) is 0. The highest BCUT2D eigenvalue weighted by Crippen LogP contribution is 2.50. The molecule has 0 fully saturated rings. The van der Waals surface area contributed by atoms with Gasteiger partial charge in [-0.3, -0.25) is 14.5 Å². The Bertz CT molecular complexity index is 1260. The molecular formula is C29H33NO6. The van der Waals surface area contributed by atoms with E-state index in [0.717, 1.165) is 16.3 Å². The van der Waals surface area contributed by atoms with Crippen LogP contribution in [0.5, 0.6) is 11.5 Å². The number of carbonyl (C=O) groups excluding carboxylic acids is 2. The van der Waals surface area contributed by atoms with Crippen molar-refractivity contribution >= 4 is 28.3 Å². The van der Waals surface area contributed by atoms with E-state index in [0.29, 0.717) is 41.5 Å². The van der Waals surface area contributed by atoms with Gasteiger partial charge in [-0.15, -0.1) is 0 Å². The molecule has 190 valence electrons. The Labute approximate surface area is 211 Å². The minimum absolute atomic E-state index is 0.135. The maximum atomic E-state index is 13.9. The zero-order valence-corrected chi connectivity index (χ0v) is 21.4. The molecular weight excluding hydrogens is 458 g/mol. The maximum Gasteiger partial charge on any atom is 0.310 e. The molecule has 1 heterocycles. The number of anilines is 1. The van der Waals surface area contributed by atoms with Crippen LogP contribution in [0.1, 0.15) is 62.3 Å². The van der Waals surface area contributed by atoms with E-state index >= 15 is 0 Å². The van der Waals surface area contributed by atoms with Gasteiger partial charge >= 0.3 is 5.97 Å². The second kappa shape index (κ2) is 10.6. The number of carbonyl (C=O) groups is 2. The monoisotopic (exact) mass is 491 g/mol. The third kappa shape index (κ3) is 4.88. The minimum atomic E-state index is -1.26. The van der Waals surface area contributed by atoms with Gasteiger partial charge < -0.3 is 19.3 Å². The largest absolute Gasteiger partial charge is 0.492 e. The van der Waals surface area contributed by atoms with Crippen molar-refractivity contribution in [1.82, 2.24) is 0 Å². The Kier molecular flexibility index (Phi) is 7.50. The zero-order chi connectivity index (χ0) is 26.0. The zero-order valence-electron chi connectivity index (χ0n) is 21.4. The highest BCUT2D eigenvalue weighted by Gasteiger charge is 2.43. The van der Waals surface area contributed by atoms with Crippen molar-refractivity contribution in [1.29, 1.82) is 0 Å². The number of benzene rings is 3. The summed E-state index contributed by atoms with van der Waals surface area (Å²) in [5, 5.41) is 13.0. The van der Waals surface area contributed by atoms with Gasteiger partial charge in [-0.1, -0.05) is 50.2 Å². The minimum Gasteiger partial charge on any atom is -0.492 e. The molecule has 7 heteroatoms. The van der Waals surface area contributed by atoms with Gasteiger partial charge in [0.25, 0.3) is 5.91 Å². The van der Waals surface area contributed by atoms with E-state index < -0.39 is 6.23 Å². The number of rotatable bonds is 9. The summed E-state index contributed by atoms with van der Waals surface area (Å²) in [5.74, 6) is 0.499. The second-order valence-corrected chi connectivity index (χ2v) is 9.56. The Morgan fingerprint density at radius 2 is 1.64 bits per heavy atom. The number of ether oxygens (including phenoxy) is 3. The molecule has 1 aliphatic heterocycles. The van der Waals surface area contributed by atoms with Crippen molar-refractivity contribution in [2.24, 2.45) is 5.92 Å². The Morgan fingerprint density at radius 1 is 1.00 bits per heavy atom. The van der Waals surface area contributed by atoms with Gasteiger partial charge in [0, 0.05) is 16.5 Å². The van der Waals surface area contributed by atoms with Crippen LogP contribution >= 0.6 is 0 Å². The van der Waals surface area contributed by atoms with Gasteiger partial charge in [0.2, 0.25) is 0 Å². The summed E-state index contributed by atoms with van der Waals surface area (Å²) in [6.07, 6.45) is -1.29. The summed E-state index contributed by atoms with van der Waals surface area (Å²) in [6, 6.07) is 14.6. The molecule has 0 spiro atoms. The number of amides is 1. The highest BCUT2D eigenvalue weighted by molar-refractivity contribution is 6.17. The fourth-order valence-electron chi connectivity index (χ4n) is 4.39. The first-order valence-corrected chi connectivity index (χ1v) is 12.4. The van der Waals surface area contributed by atoms with Gasteiger partial charge in [-0.25, -0.2) is 0 Å². The number of hydrogen-bond acceptors (Lipinski definition) is 6. The van der Waals surface area contributed by atoms with Crippen LogP contribution in [0.3, 0.4) is 0 Å². The van der Waals surface area contributed by atoms with Crippen LogP contribution in [0.2, 0.25) is 0 Å². The smallest absolute Gasteiger partial charge is 0.310 e. The molecule has 0 radical (unpaired) electrons. The van der Waals surface area contributed by atoms with E-state index in [1.807, 2.05) is 52.0 Å². The third-order valence-corrected chi connectivity index (χ3v) is 5.88. The maximum absolute atomic E-state index is 13.9. The number of fused-ring (bicyclic) bond motifs is 2. The molecule has 0 aliphatic carbocycles. The molecule has 1 unspecified atom stereocenters. The number of aliphatic hydroxyl groups is 1. The number of hydrogen-bond donors (Lipinski definition) is 1. The second-order valence-electron chi connectivity index (χ2n) is 9.56. The van der Waals surface area contributed by atoms with Crippen molar-refractivity contribution < 1.29 is 28.9 Å². The quantitative estimate of drug-likeness (QED) is 0.403. The number of aliphatic hydroxyl groups excluding tert-OH is 1. The van der Waals surface area contributed by atoms with Crippen LogP contribution in [0.25, 0.3) is 10.8 Å². The van der Waals surface area contributed by atoms with E-state index in [1.165, 1.54) is 4.90 Å². The SMILES string of the molecule is CCOC(=O)Cc1ccc(N2C(=O)c3c(c(OC(C)C)c4ccccc4c3OCC(C)C)C2O)cc1. The van der Waals surface area contributed by atoms with E-state index in [1.54, 1.807) is 31.2 Å². The van der Waals surface area contributed by atoms with Gasteiger partial charge in [-0.2, -0.15) is 0 Å². The fraction of sp³-hybridized carbons (Fsp3) is 0.379. The first kappa shape index (κ1) is 25.5. The summed E-state index contributed by atoms with van der Waals surface area (Å²) < 4.78 is 17.4. The van der Waals surface area contributed by atoms with Crippen molar-refractivity contribution in [3.05, 3.63) is 65.2 Å². The summed E-state index contributed by atoms with van der Waals surface area (Å²) in [4.78, 5) is 27.0. The molecule has 4 rings (SSSR count). The molecule has 3 aromatic carbocycles. The fourth-order valence-corrected chi connectivity index (χ4v) is 4.39. The van der Waals surface area contributed by atoms with E-state index in [2.05, 4.69) is 0 Å². The first-order chi connectivity index (χ1) is 17.2. The van der Waals surface area contributed by atoms with Gasteiger partial charge in [0.15, 0.2) is 6.23 Å². The van der Waals surface area contributed by atoms with Gasteiger partial charge in [0.1, 0.15) is 11.5 Å². The lowest BCUT2D eigenvalue weighted by Gasteiger charge is -2.23. The lowest BCUT2D eigenvalue weighted by Crippen LogP contribution is -2.27. The standard InChI is InChI=1S/C29H33NO6/c1-6-34-23(31)15-19-11-13-20(14-12-19)30-28(32)24-25(29(30)33)27(36-18(4)5)22-10-8-7-9-21(22)26(24)35-16-17(2)3/h7-14,17-18,29,33H,6,15-16H2,1-5H3. The van der Waals surface area contributed by atoms with Crippen molar-refractivity contribution in [3.63, 3.8) is 0 Å². The molecule has 36 heavy (non-hydrogen) atoms. The molecule has 1 atom stereocenters. The molecule has 0 saturated heterocycles. The average molecular weight is 492 g/mol. The third-order valence-electron chi connectivity index (χ3n) is 5.88.